The third-order valence-electron chi connectivity index (χ3n) is 7.84. The Labute approximate surface area is 207 Å². The van der Waals surface area contributed by atoms with Crippen LogP contribution in [0.4, 0.5) is 5.69 Å². The summed E-state index contributed by atoms with van der Waals surface area (Å²) in [5.41, 5.74) is 4.90. The Balaban J connectivity index is 1.23. The fraction of sp³-hybridized carbons (Fsp3) is 0.448. The smallest absolute Gasteiger partial charge is 0.274 e. The minimum absolute atomic E-state index is 0.0756. The van der Waals surface area contributed by atoms with Crippen LogP contribution in [0.25, 0.3) is 10.9 Å². The molecule has 0 radical (unpaired) electrons. The number of hydrogen-bond donors (Lipinski definition) is 3. The summed E-state index contributed by atoms with van der Waals surface area (Å²) >= 11 is 0. The lowest BCUT2D eigenvalue weighted by Gasteiger charge is -2.17. The van der Waals surface area contributed by atoms with Crippen molar-refractivity contribution in [1.82, 2.24) is 10.0 Å². The lowest BCUT2D eigenvalue weighted by atomic mass is 9.88. The van der Waals surface area contributed by atoms with Crippen molar-refractivity contribution in [3.8, 4) is 0 Å². The van der Waals surface area contributed by atoms with Crippen molar-refractivity contribution in [2.75, 3.05) is 5.32 Å². The van der Waals surface area contributed by atoms with Crippen molar-refractivity contribution >= 4 is 28.4 Å². The largest absolute Gasteiger partial charge is 0.343 e. The highest BCUT2D eigenvalue weighted by Gasteiger charge is 2.28. The summed E-state index contributed by atoms with van der Waals surface area (Å²) in [5, 5.41) is 12.9. The van der Waals surface area contributed by atoms with E-state index in [1.54, 1.807) is 17.6 Å². The summed E-state index contributed by atoms with van der Waals surface area (Å²) in [7, 11) is 0. The summed E-state index contributed by atoms with van der Waals surface area (Å²) in [6.07, 6.45) is 9.90. The van der Waals surface area contributed by atoms with Gasteiger partial charge in [0.25, 0.3) is 5.91 Å². The van der Waals surface area contributed by atoms with E-state index in [0.29, 0.717) is 18.5 Å². The minimum atomic E-state index is -0.530. The molecule has 3 N–H and O–H groups in total. The zero-order chi connectivity index (χ0) is 24.8. The number of hydroxylamine groups is 1. The number of benzene rings is 2. The van der Waals surface area contributed by atoms with Crippen LogP contribution in [0.3, 0.4) is 0 Å². The Kier molecular flexibility index (Phi) is 8.24. The molecule has 1 heterocycles. The standard InChI is InChI=1S/C29H37N3O3/c1-20-8-11-23(21(20)2)6-4-3-5-7-28(33)30-26-14-9-22(10-15-26)19-32-17-16-24-12-13-25(18-27(24)32)29(34)31-35/h9-10,12-18,20-21,23,35H,3-8,11,19H2,1-2H3,(H,30,33)(H,31,34). The fourth-order valence-corrected chi connectivity index (χ4v) is 5.38. The van der Waals surface area contributed by atoms with Crippen molar-refractivity contribution < 1.29 is 14.8 Å². The molecule has 1 fully saturated rings. The van der Waals surface area contributed by atoms with Gasteiger partial charge in [-0.3, -0.25) is 14.8 Å². The molecule has 0 spiro atoms. The van der Waals surface area contributed by atoms with E-state index in [1.807, 2.05) is 42.6 Å². The summed E-state index contributed by atoms with van der Waals surface area (Å²) in [6.45, 7) is 5.41. The summed E-state index contributed by atoms with van der Waals surface area (Å²) in [5.74, 6) is 2.14. The Morgan fingerprint density at radius 3 is 2.51 bits per heavy atom. The average molecular weight is 476 g/mol. The number of carbonyl (C=O) groups is 2. The van der Waals surface area contributed by atoms with Gasteiger partial charge in [-0.15, -0.1) is 0 Å². The highest BCUT2D eigenvalue weighted by atomic mass is 16.5. The maximum Gasteiger partial charge on any atom is 0.274 e. The van der Waals surface area contributed by atoms with Gasteiger partial charge in [-0.1, -0.05) is 57.7 Å². The van der Waals surface area contributed by atoms with Gasteiger partial charge in [0.15, 0.2) is 0 Å². The number of fused-ring (bicyclic) bond motifs is 1. The average Bonchev–Trinajstić information content (AvgIpc) is 3.41. The van der Waals surface area contributed by atoms with Crippen molar-refractivity contribution in [2.45, 2.75) is 65.3 Å². The molecule has 3 aromatic rings. The van der Waals surface area contributed by atoms with Crippen molar-refractivity contribution in [2.24, 2.45) is 17.8 Å². The van der Waals surface area contributed by atoms with Gasteiger partial charge >= 0.3 is 0 Å². The first-order valence-corrected chi connectivity index (χ1v) is 12.9. The molecule has 3 atom stereocenters. The van der Waals surface area contributed by atoms with Gasteiger partial charge in [-0.25, -0.2) is 5.48 Å². The monoisotopic (exact) mass is 475 g/mol. The first-order valence-electron chi connectivity index (χ1n) is 12.9. The third kappa shape index (κ3) is 6.31. The molecule has 0 bridgehead atoms. The number of nitrogens with one attached hydrogen (secondary N) is 2. The summed E-state index contributed by atoms with van der Waals surface area (Å²) in [6, 6.07) is 15.2. The molecule has 1 aromatic heterocycles. The Bertz CT molecular complexity index is 1150. The highest BCUT2D eigenvalue weighted by molar-refractivity contribution is 5.97. The van der Waals surface area contributed by atoms with Crippen LogP contribution in [0.15, 0.2) is 54.7 Å². The molecule has 1 aliphatic rings. The van der Waals surface area contributed by atoms with Crippen LogP contribution in [0.1, 0.15) is 74.7 Å². The highest BCUT2D eigenvalue weighted by Crippen LogP contribution is 2.39. The first kappa shape index (κ1) is 25.0. The van der Waals surface area contributed by atoms with Gasteiger partial charge in [-0.05, 0) is 71.9 Å². The van der Waals surface area contributed by atoms with Gasteiger partial charge in [0.1, 0.15) is 0 Å². The Morgan fingerprint density at radius 1 is 1.00 bits per heavy atom. The van der Waals surface area contributed by atoms with Gasteiger partial charge in [0.05, 0.1) is 0 Å². The zero-order valence-electron chi connectivity index (χ0n) is 20.8. The molecule has 0 saturated heterocycles. The van der Waals surface area contributed by atoms with Gasteiger partial charge in [0.2, 0.25) is 5.91 Å². The van der Waals surface area contributed by atoms with E-state index >= 15 is 0 Å². The van der Waals surface area contributed by atoms with Crippen LogP contribution < -0.4 is 10.8 Å². The zero-order valence-corrected chi connectivity index (χ0v) is 20.8. The van der Waals surface area contributed by atoms with Crippen LogP contribution >= 0.6 is 0 Å². The van der Waals surface area contributed by atoms with Crippen LogP contribution in [0, 0.1) is 17.8 Å². The first-order chi connectivity index (χ1) is 16.9. The topological polar surface area (TPSA) is 83.4 Å². The van der Waals surface area contributed by atoms with E-state index in [2.05, 4.69) is 23.7 Å². The molecular weight excluding hydrogens is 438 g/mol. The fourth-order valence-electron chi connectivity index (χ4n) is 5.38. The van der Waals surface area contributed by atoms with Crippen molar-refractivity contribution in [3.05, 3.63) is 65.9 Å². The molecule has 2 aromatic carbocycles. The number of anilines is 1. The molecule has 6 nitrogen and oxygen atoms in total. The molecule has 3 unspecified atom stereocenters. The predicted octanol–water partition coefficient (Wildman–Crippen LogP) is 6.38. The van der Waals surface area contributed by atoms with E-state index in [-0.39, 0.29) is 5.91 Å². The molecule has 186 valence electrons. The van der Waals surface area contributed by atoms with Gasteiger partial charge in [-0.2, -0.15) is 0 Å². The second-order valence-electron chi connectivity index (χ2n) is 10.2. The predicted molar refractivity (Wildman–Crippen MR) is 140 cm³/mol. The molecule has 4 rings (SSSR count). The number of rotatable bonds is 10. The SMILES string of the molecule is CC1CCC(CCCCCC(=O)Nc2ccc(Cn3ccc4ccc(C(=O)NO)cc43)cc2)C1C. The van der Waals surface area contributed by atoms with Gasteiger partial charge < -0.3 is 9.88 Å². The van der Waals surface area contributed by atoms with E-state index in [0.717, 1.165) is 52.7 Å². The maximum absolute atomic E-state index is 12.4. The molecule has 2 amide bonds. The van der Waals surface area contributed by atoms with Crippen molar-refractivity contribution in [3.63, 3.8) is 0 Å². The van der Waals surface area contributed by atoms with E-state index in [4.69, 9.17) is 5.21 Å². The second kappa shape index (κ2) is 11.5. The quantitative estimate of drug-likeness (QED) is 0.181. The van der Waals surface area contributed by atoms with E-state index in [9.17, 15) is 9.59 Å². The molecule has 1 saturated carbocycles. The van der Waals surface area contributed by atoms with Crippen LogP contribution in [-0.2, 0) is 11.3 Å². The van der Waals surface area contributed by atoms with Crippen LogP contribution in [-0.4, -0.2) is 21.6 Å². The number of amides is 2. The molecule has 6 heteroatoms. The maximum atomic E-state index is 12.4. The lowest BCUT2D eigenvalue weighted by molar-refractivity contribution is -0.116. The number of hydrogen-bond acceptors (Lipinski definition) is 3. The molecule has 1 aliphatic carbocycles. The number of unbranched alkanes of at least 4 members (excludes halogenated alkanes) is 2. The van der Waals surface area contributed by atoms with E-state index < -0.39 is 5.91 Å². The second-order valence-corrected chi connectivity index (χ2v) is 10.2. The minimum Gasteiger partial charge on any atom is -0.343 e. The number of aromatic nitrogens is 1. The normalized spacial score (nSPS) is 19.7. The van der Waals surface area contributed by atoms with Crippen LogP contribution in [0.2, 0.25) is 0 Å². The Morgan fingerprint density at radius 2 is 1.80 bits per heavy atom. The van der Waals surface area contributed by atoms with Crippen LogP contribution in [0.5, 0.6) is 0 Å². The summed E-state index contributed by atoms with van der Waals surface area (Å²) < 4.78 is 2.06. The molecule has 0 aliphatic heterocycles. The third-order valence-corrected chi connectivity index (χ3v) is 7.84. The summed E-state index contributed by atoms with van der Waals surface area (Å²) in [4.78, 5) is 24.1. The Hall–Kier alpha value is -3.12. The molecule has 35 heavy (non-hydrogen) atoms. The number of carbonyl (C=O) groups excluding carboxylic acids is 2. The number of nitrogens with zero attached hydrogens (tertiary/aromatic N) is 1. The van der Waals surface area contributed by atoms with Gasteiger partial charge in [0, 0.05) is 35.9 Å². The lowest BCUT2D eigenvalue weighted by Crippen LogP contribution is -2.18. The van der Waals surface area contributed by atoms with E-state index in [1.165, 1.54) is 25.7 Å². The molecular formula is C29H37N3O3. The van der Waals surface area contributed by atoms with Crippen molar-refractivity contribution in [1.29, 1.82) is 0 Å².